The Morgan fingerprint density at radius 2 is 2.11 bits per heavy atom. The predicted octanol–water partition coefficient (Wildman–Crippen LogP) is 3.94. The van der Waals surface area contributed by atoms with Gasteiger partial charge in [0, 0.05) is 0 Å². The molecule has 3 atom stereocenters. The van der Waals surface area contributed by atoms with E-state index in [1.807, 2.05) is 6.07 Å². The quantitative estimate of drug-likeness (QED) is 0.862. The fraction of sp³-hybridized carbons (Fsp3) is 0.625. The smallest absolute Gasteiger partial charge is 0.123 e. The van der Waals surface area contributed by atoms with E-state index < -0.39 is 0 Å². The molecule has 3 unspecified atom stereocenters. The first-order chi connectivity index (χ1) is 8.61. The van der Waals surface area contributed by atoms with Gasteiger partial charge < -0.3 is 5.73 Å². The van der Waals surface area contributed by atoms with Gasteiger partial charge in [0.15, 0.2) is 0 Å². The molecule has 0 bridgehead atoms. The van der Waals surface area contributed by atoms with E-state index in [0.29, 0.717) is 24.3 Å². The van der Waals surface area contributed by atoms with Crippen molar-refractivity contribution in [2.75, 3.05) is 6.54 Å². The van der Waals surface area contributed by atoms with Crippen LogP contribution in [0.4, 0.5) is 4.39 Å². The summed E-state index contributed by atoms with van der Waals surface area (Å²) in [5, 5.41) is 0. The summed E-state index contributed by atoms with van der Waals surface area (Å²) >= 11 is 0. The molecule has 1 aromatic carbocycles. The van der Waals surface area contributed by atoms with Crippen molar-refractivity contribution in [2.45, 2.75) is 39.0 Å². The van der Waals surface area contributed by atoms with Crippen LogP contribution < -0.4 is 5.73 Å². The molecule has 0 aromatic heterocycles. The van der Waals surface area contributed by atoms with Crippen molar-refractivity contribution in [3.8, 4) is 0 Å². The van der Waals surface area contributed by atoms with Gasteiger partial charge in [0.1, 0.15) is 5.82 Å². The third kappa shape index (κ3) is 2.92. The van der Waals surface area contributed by atoms with Crippen LogP contribution in [0.2, 0.25) is 0 Å². The Morgan fingerprint density at radius 1 is 1.33 bits per heavy atom. The first kappa shape index (κ1) is 13.5. The van der Waals surface area contributed by atoms with E-state index in [4.69, 9.17) is 5.73 Å². The molecule has 2 heteroatoms. The maximum absolute atomic E-state index is 13.4. The summed E-state index contributed by atoms with van der Waals surface area (Å²) < 4.78 is 13.4. The molecule has 1 aliphatic rings. The lowest BCUT2D eigenvalue weighted by Gasteiger charge is -2.37. The van der Waals surface area contributed by atoms with Gasteiger partial charge >= 0.3 is 0 Å². The second kappa shape index (κ2) is 5.83. The van der Waals surface area contributed by atoms with E-state index in [-0.39, 0.29) is 5.82 Å². The molecule has 0 aliphatic heterocycles. The summed E-state index contributed by atoms with van der Waals surface area (Å²) in [5.41, 5.74) is 7.03. The Labute approximate surface area is 110 Å². The molecule has 1 aliphatic carbocycles. The normalized spacial score (nSPS) is 28.6. The van der Waals surface area contributed by atoms with Crippen molar-refractivity contribution in [1.29, 1.82) is 0 Å². The molecule has 100 valence electrons. The van der Waals surface area contributed by atoms with Gasteiger partial charge in [-0.1, -0.05) is 26.0 Å². The minimum atomic E-state index is -0.130. The second-order valence-corrected chi connectivity index (χ2v) is 5.97. The van der Waals surface area contributed by atoms with Crippen LogP contribution in [0, 0.1) is 23.6 Å². The largest absolute Gasteiger partial charge is 0.330 e. The summed E-state index contributed by atoms with van der Waals surface area (Å²) in [4.78, 5) is 0. The lowest BCUT2D eigenvalue weighted by molar-refractivity contribution is 0.197. The Kier molecular flexibility index (Phi) is 4.39. The van der Waals surface area contributed by atoms with Gasteiger partial charge in [-0.2, -0.15) is 0 Å². The summed E-state index contributed by atoms with van der Waals surface area (Å²) in [7, 11) is 0. The standard InChI is InChI=1S/C16H24FN/c1-11(2)12-6-7-14(10-18)16(9-12)13-4-3-5-15(17)8-13/h3-5,8,11-12,14,16H,6-7,9-10,18H2,1-2H3. The molecule has 1 fully saturated rings. The van der Waals surface area contributed by atoms with Crippen LogP contribution in [0.15, 0.2) is 24.3 Å². The highest BCUT2D eigenvalue weighted by Crippen LogP contribution is 2.42. The lowest BCUT2D eigenvalue weighted by Crippen LogP contribution is -2.30. The van der Waals surface area contributed by atoms with Gasteiger partial charge in [-0.3, -0.25) is 0 Å². The van der Waals surface area contributed by atoms with Gasteiger partial charge in [-0.25, -0.2) is 4.39 Å². The Bertz CT molecular complexity index is 388. The third-order valence-corrected chi connectivity index (χ3v) is 4.56. The molecule has 1 saturated carbocycles. The fourth-order valence-electron chi connectivity index (χ4n) is 3.30. The van der Waals surface area contributed by atoms with Crippen LogP contribution in [0.1, 0.15) is 44.6 Å². The Morgan fingerprint density at radius 3 is 2.72 bits per heavy atom. The highest BCUT2D eigenvalue weighted by Gasteiger charge is 2.32. The summed E-state index contributed by atoms with van der Waals surface area (Å²) in [6, 6.07) is 7.08. The molecule has 0 radical (unpaired) electrons. The minimum absolute atomic E-state index is 0.130. The molecule has 2 rings (SSSR count). The maximum Gasteiger partial charge on any atom is 0.123 e. The van der Waals surface area contributed by atoms with E-state index >= 15 is 0 Å². The zero-order valence-corrected chi connectivity index (χ0v) is 11.4. The topological polar surface area (TPSA) is 26.0 Å². The summed E-state index contributed by atoms with van der Waals surface area (Å²) in [6.07, 6.45) is 3.61. The van der Waals surface area contributed by atoms with Crippen molar-refractivity contribution < 1.29 is 4.39 Å². The highest BCUT2D eigenvalue weighted by molar-refractivity contribution is 5.22. The van der Waals surface area contributed by atoms with E-state index in [2.05, 4.69) is 19.9 Å². The van der Waals surface area contributed by atoms with E-state index in [9.17, 15) is 4.39 Å². The van der Waals surface area contributed by atoms with Gasteiger partial charge in [-0.05, 0) is 67.2 Å². The Balaban J connectivity index is 2.20. The molecular formula is C16H24FN. The van der Waals surface area contributed by atoms with E-state index in [1.165, 1.54) is 18.9 Å². The average Bonchev–Trinajstić information content (AvgIpc) is 2.38. The van der Waals surface area contributed by atoms with Crippen molar-refractivity contribution in [2.24, 2.45) is 23.5 Å². The molecule has 2 N–H and O–H groups in total. The molecule has 0 saturated heterocycles. The Hall–Kier alpha value is -0.890. The molecule has 0 spiro atoms. The van der Waals surface area contributed by atoms with Gasteiger partial charge in [0.05, 0.1) is 0 Å². The van der Waals surface area contributed by atoms with Gasteiger partial charge in [0.2, 0.25) is 0 Å². The number of benzene rings is 1. The van der Waals surface area contributed by atoms with Gasteiger partial charge in [0.25, 0.3) is 0 Å². The van der Waals surface area contributed by atoms with Crippen molar-refractivity contribution in [3.63, 3.8) is 0 Å². The average molecular weight is 249 g/mol. The molecule has 1 aromatic rings. The first-order valence-electron chi connectivity index (χ1n) is 7.07. The summed E-state index contributed by atoms with van der Waals surface area (Å²) in [6.45, 7) is 5.29. The SMILES string of the molecule is CC(C)C1CCC(CN)C(c2cccc(F)c2)C1. The maximum atomic E-state index is 13.4. The predicted molar refractivity (Wildman–Crippen MR) is 73.9 cm³/mol. The fourth-order valence-corrected chi connectivity index (χ4v) is 3.30. The number of rotatable bonds is 3. The number of hydrogen-bond donors (Lipinski definition) is 1. The van der Waals surface area contributed by atoms with Crippen LogP contribution in [0.3, 0.4) is 0 Å². The minimum Gasteiger partial charge on any atom is -0.330 e. The van der Waals surface area contributed by atoms with Crippen molar-refractivity contribution in [3.05, 3.63) is 35.6 Å². The molecule has 0 heterocycles. The molecular weight excluding hydrogens is 225 g/mol. The zero-order chi connectivity index (χ0) is 13.1. The lowest BCUT2D eigenvalue weighted by atomic mass is 9.68. The third-order valence-electron chi connectivity index (χ3n) is 4.56. The number of nitrogens with two attached hydrogens (primary N) is 1. The van der Waals surface area contributed by atoms with Crippen LogP contribution in [0.5, 0.6) is 0 Å². The molecule has 1 nitrogen and oxygen atoms in total. The molecule has 18 heavy (non-hydrogen) atoms. The monoisotopic (exact) mass is 249 g/mol. The van der Waals surface area contributed by atoms with Gasteiger partial charge in [-0.15, -0.1) is 0 Å². The molecule has 0 amide bonds. The zero-order valence-electron chi connectivity index (χ0n) is 11.4. The van der Waals surface area contributed by atoms with Crippen LogP contribution >= 0.6 is 0 Å². The van der Waals surface area contributed by atoms with Crippen molar-refractivity contribution >= 4 is 0 Å². The second-order valence-electron chi connectivity index (χ2n) is 5.97. The number of halogens is 1. The van der Waals surface area contributed by atoms with E-state index in [0.717, 1.165) is 17.9 Å². The van der Waals surface area contributed by atoms with E-state index in [1.54, 1.807) is 6.07 Å². The highest BCUT2D eigenvalue weighted by atomic mass is 19.1. The number of hydrogen-bond acceptors (Lipinski definition) is 1. The van der Waals surface area contributed by atoms with Crippen molar-refractivity contribution in [1.82, 2.24) is 0 Å². The van der Waals surface area contributed by atoms with Crippen LogP contribution in [-0.2, 0) is 0 Å². The van der Waals surface area contributed by atoms with Crippen LogP contribution in [0.25, 0.3) is 0 Å². The van der Waals surface area contributed by atoms with Crippen LogP contribution in [-0.4, -0.2) is 6.54 Å². The summed E-state index contributed by atoms with van der Waals surface area (Å²) in [5.74, 6) is 2.28. The first-order valence-corrected chi connectivity index (χ1v) is 7.07.